The summed E-state index contributed by atoms with van der Waals surface area (Å²) in [6.07, 6.45) is 1.43. The fourth-order valence-corrected chi connectivity index (χ4v) is 1.16. The van der Waals surface area contributed by atoms with Gasteiger partial charge in [-0.05, 0) is 6.92 Å². The predicted molar refractivity (Wildman–Crippen MR) is 50.1 cm³/mol. The van der Waals surface area contributed by atoms with E-state index in [1.54, 1.807) is 6.92 Å². The Balaban J connectivity index is 2.86. The Morgan fingerprint density at radius 1 is 1.71 bits per heavy atom. The Morgan fingerprint density at radius 2 is 2.50 bits per heavy atom. The van der Waals surface area contributed by atoms with Crippen molar-refractivity contribution in [3.8, 4) is 0 Å². The summed E-state index contributed by atoms with van der Waals surface area (Å²) in [5.41, 5.74) is 0.387. The van der Waals surface area contributed by atoms with Gasteiger partial charge in [0.25, 0.3) is 0 Å². The first kappa shape index (κ1) is 10.6. The van der Waals surface area contributed by atoms with Gasteiger partial charge in [0, 0.05) is 0 Å². The van der Waals surface area contributed by atoms with Gasteiger partial charge in [-0.2, -0.15) is 8.75 Å². The number of rotatable bonds is 4. The zero-order valence-corrected chi connectivity index (χ0v) is 8.58. The largest absolute Gasteiger partial charge is 0.461 e. The summed E-state index contributed by atoms with van der Waals surface area (Å²) in [5.74, 6) is -0.568. The highest BCUT2D eigenvalue weighted by Gasteiger charge is 2.18. The molecule has 0 aliphatic rings. The third kappa shape index (κ3) is 2.49. The molecule has 0 bridgehead atoms. The number of esters is 1. The maximum atomic E-state index is 11.3. The van der Waals surface area contributed by atoms with Crippen molar-refractivity contribution in [1.82, 2.24) is 8.75 Å². The Labute approximate surface area is 84.9 Å². The van der Waals surface area contributed by atoms with Crippen LogP contribution in [0.25, 0.3) is 0 Å². The molecule has 1 rings (SSSR count). The molecule has 14 heavy (non-hydrogen) atoms. The van der Waals surface area contributed by atoms with E-state index in [0.29, 0.717) is 5.69 Å². The molecule has 76 valence electrons. The number of carbonyl (C=O) groups is 1. The van der Waals surface area contributed by atoms with E-state index in [1.807, 2.05) is 0 Å². The molecule has 6 nitrogen and oxygen atoms in total. The standard InChI is InChI=1S/C7H9N3O3S/c1-3-13-7(11)6(9-12-2)5-4-8-14-10-5/h4H,3H2,1-2H3/b9-6+. The van der Waals surface area contributed by atoms with Crippen molar-refractivity contribution < 1.29 is 14.4 Å². The van der Waals surface area contributed by atoms with Crippen LogP contribution in [0, 0.1) is 0 Å². The molecular formula is C7H9N3O3S. The van der Waals surface area contributed by atoms with Gasteiger partial charge in [-0.25, -0.2) is 4.79 Å². The van der Waals surface area contributed by atoms with Gasteiger partial charge >= 0.3 is 5.97 Å². The first-order valence-corrected chi connectivity index (χ1v) is 4.58. The lowest BCUT2D eigenvalue weighted by molar-refractivity contribution is -0.135. The first-order chi connectivity index (χ1) is 6.79. The first-order valence-electron chi connectivity index (χ1n) is 3.85. The lowest BCUT2D eigenvalue weighted by Gasteiger charge is -2.00. The highest BCUT2D eigenvalue weighted by Crippen LogP contribution is 2.01. The lowest BCUT2D eigenvalue weighted by atomic mass is 10.3. The molecule has 0 atom stereocenters. The zero-order chi connectivity index (χ0) is 10.4. The smallest absolute Gasteiger partial charge is 0.362 e. The summed E-state index contributed by atoms with van der Waals surface area (Å²) in [7, 11) is 1.35. The van der Waals surface area contributed by atoms with Gasteiger partial charge in [-0.3, -0.25) is 0 Å². The molecule has 1 aromatic rings. The quantitative estimate of drug-likeness (QED) is 0.414. The minimum absolute atomic E-state index is 0.0306. The molecule has 0 fully saturated rings. The minimum Gasteiger partial charge on any atom is -0.461 e. The fourth-order valence-electron chi connectivity index (χ4n) is 0.748. The molecule has 7 heteroatoms. The Kier molecular flexibility index (Phi) is 3.99. The molecule has 0 radical (unpaired) electrons. The van der Waals surface area contributed by atoms with Crippen molar-refractivity contribution >= 4 is 23.4 Å². The molecule has 0 aliphatic heterocycles. The molecule has 0 spiro atoms. The van der Waals surface area contributed by atoms with Gasteiger partial charge < -0.3 is 9.57 Å². The second-order valence-electron chi connectivity index (χ2n) is 2.14. The molecule has 0 aromatic carbocycles. The third-order valence-electron chi connectivity index (χ3n) is 1.26. The van der Waals surface area contributed by atoms with Crippen molar-refractivity contribution in [3.63, 3.8) is 0 Å². The summed E-state index contributed by atoms with van der Waals surface area (Å²) in [6.45, 7) is 1.99. The second-order valence-corrected chi connectivity index (χ2v) is 2.69. The third-order valence-corrected chi connectivity index (χ3v) is 1.73. The molecule has 0 saturated heterocycles. The van der Waals surface area contributed by atoms with E-state index < -0.39 is 5.97 Å². The van der Waals surface area contributed by atoms with Crippen LogP contribution in [0.3, 0.4) is 0 Å². The molecule has 1 aromatic heterocycles. The molecule has 0 saturated carbocycles. The van der Waals surface area contributed by atoms with Crippen LogP contribution in [0.15, 0.2) is 11.4 Å². The van der Waals surface area contributed by atoms with Gasteiger partial charge in [0.15, 0.2) is 0 Å². The molecule has 0 N–H and O–H groups in total. The molecule has 0 unspecified atom stereocenters. The molecule has 1 heterocycles. The second kappa shape index (κ2) is 5.28. The van der Waals surface area contributed by atoms with E-state index in [0.717, 1.165) is 11.7 Å². The Morgan fingerprint density at radius 3 is 3.00 bits per heavy atom. The van der Waals surface area contributed by atoms with Crippen LogP contribution in [0.5, 0.6) is 0 Å². The van der Waals surface area contributed by atoms with Crippen LogP contribution >= 0.6 is 11.7 Å². The highest BCUT2D eigenvalue weighted by molar-refractivity contribution is 6.99. The van der Waals surface area contributed by atoms with Crippen molar-refractivity contribution in [2.24, 2.45) is 5.16 Å². The van der Waals surface area contributed by atoms with Crippen LogP contribution in [-0.2, 0) is 14.4 Å². The van der Waals surface area contributed by atoms with Crippen molar-refractivity contribution in [3.05, 3.63) is 11.9 Å². The van der Waals surface area contributed by atoms with E-state index in [2.05, 4.69) is 18.7 Å². The molecule has 0 aliphatic carbocycles. The highest BCUT2D eigenvalue weighted by atomic mass is 32.1. The van der Waals surface area contributed by atoms with Crippen molar-refractivity contribution in [1.29, 1.82) is 0 Å². The summed E-state index contributed by atoms with van der Waals surface area (Å²) in [4.78, 5) is 15.9. The lowest BCUT2D eigenvalue weighted by Crippen LogP contribution is -2.19. The number of oxime groups is 1. The van der Waals surface area contributed by atoms with Gasteiger partial charge in [-0.15, -0.1) is 0 Å². The summed E-state index contributed by atoms with van der Waals surface area (Å²) in [5, 5.41) is 3.53. The number of hydrogen-bond acceptors (Lipinski definition) is 7. The summed E-state index contributed by atoms with van der Waals surface area (Å²) in [6, 6.07) is 0. The fraction of sp³-hybridized carbons (Fsp3) is 0.429. The van der Waals surface area contributed by atoms with Gasteiger partial charge in [0.1, 0.15) is 12.8 Å². The maximum absolute atomic E-state index is 11.3. The molecule has 0 amide bonds. The average molecular weight is 215 g/mol. The number of carbonyl (C=O) groups excluding carboxylic acids is 1. The number of ether oxygens (including phenoxy) is 1. The summed E-state index contributed by atoms with van der Waals surface area (Å²) < 4.78 is 12.4. The van der Waals surface area contributed by atoms with E-state index in [4.69, 9.17) is 4.74 Å². The number of nitrogens with zero attached hydrogens (tertiary/aromatic N) is 3. The molecular weight excluding hydrogens is 206 g/mol. The van der Waals surface area contributed by atoms with Gasteiger partial charge in [0.05, 0.1) is 24.5 Å². The van der Waals surface area contributed by atoms with E-state index in [9.17, 15) is 4.79 Å². The average Bonchev–Trinajstić information content (AvgIpc) is 2.67. The van der Waals surface area contributed by atoms with Crippen molar-refractivity contribution in [2.75, 3.05) is 13.7 Å². The van der Waals surface area contributed by atoms with Crippen molar-refractivity contribution in [2.45, 2.75) is 6.92 Å². The zero-order valence-electron chi connectivity index (χ0n) is 7.76. The number of aromatic nitrogens is 2. The van der Waals surface area contributed by atoms with Crippen LogP contribution in [0.2, 0.25) is 0 Å². The van der Waals surface area contributed by atoms with E-state index in [1.165, 1.54) is 13.3 Å². The number of hydrogen-bond donors (Lipinski definition) is 0. The van der Waals surface area contributed by atoms with Gasteiger partial charge in [0.2, 0.25) is 5.71 Å². The topological polar surface area (TPSA) is 73.7 Å². The minimum atomic E-state index is -0.568. The summed E-state index contributed by atoms with van der Waals surface area (Å²) >= 11 is 0.985. The van der Waals surface area contributed by atoms with Crippen LogP contribution in [0.4, 0.5) is 0 Å². The van der Waals surface area contributed by atoms with Crippen LogP contribution in [-0.4, -0.2) is 34.1 Å². The van der Waals surface area contributed by atoms with Gasteiger partial charge in [-0.1, -0.05) is 5.16 Å². The van der Waals surface area contributed by atoms with E-state index >= 15 is 0 Å². The maximum Gasteiger partial charge on any atom is 0.362 e. The monoisotopic (exact) mass is 215 g/mol. The predicted octanol–water partition coefficient (Wildman–Crippen LogP) is 0.452. The Hall–Kier alpha value is -1.50. The SMILES string of the molecule is CCOC(=O)/C(=N/OC)c1cnsn1. The van der Waals surface area contributed by atoms with E-state index in [-0.39, 0.29) is 12.3 Å². The van der Waals surface area contributed by atoms with Crippen LogP contribution < -0.4 is 0 Å². The van der Waals surface area contributed by atoms with Crippen LogP contribution in [0.1, 0.15) is 12.6 Å². The normalized spacial score (nSPS) is 11.1. The Bertz CT molecular complexity index is 323.